The molecule has 2 aromatic heterocycles. The molecule has 0 aliphatic carbocycles. The second-order valence-corrected chi connectivity index (χ2v) is 6.74. The summed E-state index contributed by atoms with van der Waals surface area (Å²) in [7, 11) is 1.85. The molecule has 1 N–H and O–H groups in total. The molecule has 2 heterocycles. The monoisotopic (exact) mass is 325 g/mol. The van der Waals surface area contributed by atoms with Crippen LogP contribution in [0.5, 0.6) is 0 Å². The highest BCUT2D eigenvalue weighted by atomic mass is 32.1. The number of aromatic nitrogens is 2. The number of benzene rings is 1. The van der Waals surface area contributed by atoms with Gasteiger partial charge in [-0.15, -0.1) is 11.3 Å². The number of hydrogen-bond donors (Lipinski definition) is 1. The highest BCUT2D eigenvalue weighted by molar-refractivity contribution is 7.16. The summed E-state index contributed by atoms with van der Waals surface area (Å²) in [4.78, 5) is 18.2. The van der Waals surface area contributed by atoms with Crippen LogP contribution in [-0.4, -0.2) is 15.5 Å². The van der Waals surface area contributed by atoms with Crippen LogP contribution >= 0.6 is 11.3 Å². The van der Waals surface area contributed by atoms with Crippen LogP contribution in [0.3, 0.4) is 0 Å². The van der Waals surface area contributed by atoms with Gasteiger partial charge >= 0.3 is 0 Å². The second-order valence-electron chi connectivity index (χ2n) is 5.71. The van der Waals surface area contributed by atoms with Crippen molar-refractivity contribution in [3.05, 3.63) is 59.2 Å². The summed E-state index contributed by atoms with van der Waals surface area (Å²) < 4.78 is 1.80. The zero-order valence-electron chi connectivity index (χ0n) is 13.4. The molecule has 0 bridgehead atoms. The van der Waals surface area contributed by atoms with Crippen LogP contribution in [0.2, 0.25) is 0 Å². The van der Waals surface area contributed by atoms with Crippen LogP contribution in [0.1, 0.15) is 35.1 Å². The zero-order valence-corrected chi connectivity index (χ0v) is 14.2. The molecule has 4 nitrogen and oxygen atoms in total. The minimum Gasteiger partial charge on any atom is -0.347 e. The molecule has 0 aliphatic rings. The van der Waals surface area contributed by atoms with Crippen LogP contribution in [0, 0.1) is 0 Å². The number of hydrogen-bond acceptors (Lipinski definition) is 3. The van der Waals surface area contributed by atoms with Crippen molar-refractivity contribution in [1.29, 1.82) is 0 Å². The molecule has 3 rings (SSSR count). The van der Waals surface area contributed by atoms with Gasteiger partial charge in [0.25, 0.3) is 5.91 Å². The Kier molecular flexibility index (Phi) is 4.30. The van der Waals surface area contributed by atoms with E-state index in [9.17, 15) is 4.79 Å². The van der Waals surface area contributed by atoms with Crippen molar-refractivity contribution in [2.75, 3.05) is 5.32 Å². The van der Waals surface area contributed by atoms with E-state index in [1.165, 1.54) is 4.88 Å². The van der Waals surface area contributed by atoms with Crippen molar-refractivity contribution in [3.8, 4) is 11.3 Å². The normalized spacial score (nSPS) is 11.0. The summed E-state index contributed by atoms with van der Waals surface area (Å²) in [5.74, 6) is 0.213. The predicted octanol–water partition coefficient (Wildman–Crippen LogP) is 4.52. The molecule has 1 aromatic carbocycles. The highest BCUT2D eigenvalue weighted by Gasteiger charge is 2.18. The summed E-state index contributed by atoms with van der Waals surface area (Å²) in [6.07, 6.45) is 1.85. The number of nitrogens with one attached hydrogen (secondary N) is 1. The molecular weight excluding hydrogens is 306 g/mol. The first-order valence-electron chi connectivity index (χ1n) is 7.55. The fourth-order valence-corrected chi connectivity index (χ4v) is 3.42. The molecule has 1 amide bonds. The average molecular weight is 325 g/mol. The van der Waals surface area contributed by atoms with Crippen molar-refractivity contribution < 1.29 is 4.79 Å². The van der Waals surface area contributed by atoms with E-state index in [0.717, 1.165) is 11.3 Å². The quantitative estimate of drug-likeness (QED) is 0.766. The Morgan fingerprint density at radius 2 is 1.91 bits per heavy atom. The lowest BCUT2D eigenvalue weighted by Crippen LogP contribution is -2.15. The lowest BCUT2D eigenvalue weighted by atomic mass is 10.1. The molecule has 0 radical (unpaired) electrons. The lowest BCUT2D eigenvalue weighted by Gasteiger charge is -2.04. The molecule has 0 atom stereocenters. The third kappa shape index (κ3) is 3.19. The second kappa shape index (κ2) is 6.38. The molecular formula is C18H19N3OS. The third-order valence-corrected chi connectivity index (χ3v) is 4.89. The van der Waals surface area contributed by atoms with Crippen molar-refractivity contribution in [2.45, 2.75) is 19.8 Å². The molecule has 5 heteroatoms. The van der Waals surface area contributed by atoms with E-state index in [1.54, 1.807) is 22.0 Å². The maximum Gasteiger partial charge on any atom is 0.274 e. The van der Waals surface area contributed by atoms with Gasteiger partial charge in [0.1, 0.15) is 5.69 Å². The number of nitrogens with zero attached hydrogens (tertiary/aromatic N) is 2. The molecule has 0 saturated heterocycles. The van der Waals surface area contributed by atoms with Gasteiger partial charge in [0.15, 0.2) is 5.13 Å². The summed E-state index contributed by atoms with van der Waals surface area (Å²) in [5, 5.41) is 3.56. The van der Waals surface area contributed by atoms with Gasteiger partial charge in [-0.3, -0.25) is 10.1 Å². The van der Waals surface area contributed by atoms with Crippen LogP contribution in [0.4, 0.5) is 5.13 Å². The van der Waals surface area contributed by atoms with Gasteiger partial charge in [0, 0.05) is 23.7 Å². The van der Waals surface area contributed by atoms with Crippen LogP contribution in [0.15, 0.2) is 48.7 Å². The lowest BCUT2D eigenvalue weighted by molar-refractivity contribution is 0.101. The SMILES string of the molecule is CC(C)c1sc(NC(=O)c2cccn2C)nc1-c1ccccc1. The maximum atomic E-state index is 12.4. The molecule has 0 spiro atoms. The van der Waals surface area contributed by atoms with E-state index in [0.29, 0.717) is 16.7 Å². The molecule has 0 fully saturated rings. The Bertz CT molecular complexity index is 818. The first kappa shape index (κ1) is 15.5. The van der Waals surface area contributed by atoms with Crippen LogP contribution < -0.4 is 5.32 Å². The molecule has 0 unspecified atom stereocenters. The Morgan fingerprint density at radius 1 is 1.17 bits per heavy atom. The number of aryl methyl sites for hydroxylation is 1. The number of anilines is 1. The van der Waals surface area contributed by atoms with Gasteiger partial charge in [-0.05, 0) is 18.1 Å². The zero-order chi connectivity index (χ0) is 16.4. The van der Waals surface area contributed by atoms with Gasteiger partial charge in [0.05, 0.1) is 5.69 Å². The van der Waals surface area contributed by atoms with Gasteiger partial charge in [-0.1, -0.05) is 44.2 Å². The van der Waals surface area contributed by atoms with Crippen molar-refractivity contribution in [1.82, 2.24) is 9.55 Å². The number of thiazole rings is 1. The first-order valence-corrected chi connectivity index (χ1v) is 8.36. The van der Waals surface area contributed by atoms with E-state index < -0.39 is 0 Å². The minimum atomic E-state index is -0.138. The number of rotatable bonds is 4. The largest absolute Gasteiger partial charge is 0.347 e. The first-order chi connectivity index (χ1) is 11.1. The number of carbonyl (C=O) groups is 1. The van der Waals surface area contributed by atoms with Gasteiger partial charge < -0.3 is 4.57 Å². The van der Waals surface area contributed by atoms with Crippen molar-refractivity contribution >= 4 is 22.4 Å². The highest BCUT2D eigenvalue weighted by Crippen LogP contribution is 2.36. The van der Waals surface area contributed by atoms with Gasteiger partial charge in [0.2, 0.25) is 0 Å². The Morgan fingerprint density at radius 3 is 2.52 bits per heavy atom. The fraction of sp³-hybridized carbons (Fsp3) is 0.222. The average Bonchev–Trinajstić information content (AvgIpc) is 3.14. The van der Waals surface area contributed by atoms with Crippen molar-refractivity contribution in [2.24, 2.45) is 7.05 Å². The summed E-state index contributed by atoms with van der Waals surface area (Å²) in [6.45, 7) is 4.28. The van der Waals surface area contributed by atoms with E-state index in [4.69, 9.17) is 0 Å². The van der Waals surface area contributed by atoms with Gasteiger partial charge in [-0.2, -0.15) is 0 Å². The Balaban J connectivity index is 1.92. The van der Waals surface area contributed by atoms with Crippen molar-refractivity contribution in [3.63, 3.8) is 0 Å². The topological polar surface area (TPSA) is 46.9 Å². The fourth-order valence-electron chi connectivity index (χ4n) is 2.44. The third-order valence-electron chi connectivity index (χ3n) is 3.62. The van der Waals surface area contributed by atoms with Crippen LogP contribution in [0.25, 0.3) is 11.3 Å². The van der Waals surface area contributed by atoms with Crippen LogP contribution in [-0.2, 0) is 7.05 Å². The summed E-state index contributed by atoms with van der Waals surface area (Å²) in [5.41, 5.74) is 2.65. The Labute approximate surface area is 139 Å². The molecule has 23 heavy (non-hydrogen) atoms. The standard InChI is InChI=1S/C18H19N3OS/c1-12(2)16-15(13-8-5-4-6-9-13)19-18(23-16)20-17(22)14-10-7-11-21(14)3/h4-12H,1-3H3,(H,19,20,22). The van der Waals surface area contributed by atoms with E-state index >= 15 is 0 Å². The minimum absolute atomic E-state index is 0.138. The predicted molar refractivity (Wildman–Crippen MR) is 95.0 cm³/mol. The van der Waals surface area contributed by atoms with E-state index in [1.807, 2.05) is 49.6 Å². The molecule has 0 saturated carbocycles. The number of amides is 1. The van der Waals surface area contributed by atoms with E-state index in [-0.39, 0.29) is 5.91 Å². The molecule has 3 aromatic rings. The number of carbonyl (C=O) groups excluding carboxylic acids is 1. The van der Waals surface area contributed by atoms with E-state index in [2.05, 4.69) is 24.1 Å². The molecule has 0 aliphatic heterocycles. The maximum absolute atomic E-state index is 12.4. The molecule has 118 valence electrons. The Hall–Kier alpha value is -2.40. The van der Waals surface area contributed by atoms with Gasteiger partial charge in [-0.25, -0.2) is 4.98 Å². The smallest absolute Gasteiger partial charge is 0.274 e. The summed E-state index contributed by atoms with van der Waals surface area (Å²) >= 11 is 1.54. The summed E-state index contributed by atoms with van der Waals surface area (Å²) in [6, 6.07) is 13.7.